The molecule has 0 radical (unpaired) electrons. The van der Waals surface area contributed by atoms with E-state index in [9.17, 15) is 13.7 Å². The number of fused-ring (bicyclic) bond motifs is 1. The zero-order valence-electron chi connectivity index (χ0n) is 15.0. The first kappa shape index (κ1) is 18.4. The van der Waals surface area contributed by atoms with E-state index in [1.54, 1.807) is 17.7 Å². The number of pyridine rings is 2. The predicted octanol–water partition coefficient (Wildman–Crippen LogP) is 3.53. The molecule has 3 aromatic heterocycles. The Morgan fingerprint density at radius 2 is 2.00 bits per heavy atom. The van der Waals surface area contributed by atoms with Gasteiger partial charge in [-0.3, -0.25) is 5.32 Å². The van der Waals surface area contributed by atoms with E-state index in [2.05, 4.69) is 20.2 Å². The first-order valence-electron chi connectivity index (χ1n) is 7.74. The Morgan fingerprint density at radius 3 is 2.63 bits per heavy atom. The van der Waals surface area contributed by atoms with E-state index < -0.39 is 11.9 Å². The van der Waals surface area contributed by atoms with Crippen molar-refractivity contribution in [3.05, 3.63) is 29.8 Å². The minimum absolute atomic E-state index is 0.00225. The summed E-state index contributed by atoms with van der Waals surface area (Å²) in [5.74, 6) is -0.305. The third kappa shape index (κ3) is 3.09. The monoisotopic (exact) mass is 378 g/mol. The van der Waals surface area contributed by atoms with Gasteiger partial charge in [0.15, 0.2) is 11.6 Å². The third-order valence-corrected chi connectivity index (χ3v) is 4.11. The molecule has 0 fully saturated rings. The van der Waals surface area contributed by atoms with Crippen LogP contribution in [0.4, 0.5) is 19.5 Å². The Balaban J connectivity index is 2.22. The highest BCUT2D eigenvalue weighted by Gasteiger charge is 2.24. The number of methoxy groups -OCH3 is 2. The summed E-state index contributed by atoms with van der Waals surface area (Å²) in [7, 11) is 4.53. The van der Waals surface area contributed by atoms with Gasteiger partial charge in [0.1, 0.15) is 11.4 Å². The summed E-state index contributed by atoms with van der Waals surface area (Å²) >= 11 is 0. The molecule has 3 rings (SSSR count). The van der Waals surface area contributed by atoms with Crippen molar-refractivity contribution in [1.29, 1.82) is 0 Å². The van der Waals surface area contributed by atoms with E-state index >= 15 is 0 Å². The maximum atomic E-state index is 14.5. The van der Waals surface area contributed by atoms with Gasteiger partial charge in [-0.2, -0.15) is 0 Å². The molecule has 8 nitrogen and oxygen atoms in total. The fraction of sp³-hybridized carbons (Fsp3) is 0.235. The molecule has 142 valence electrons. The molecule has 1 N–H and O–H groups in total. The minimum atomic E-state index is -1.29. The van der Waals surface area contributed by atoms with Gasteiger partial charge >= 0.3 is 6.09 Å². The Labute approximate surface area is 152 Å². The van der Waals surface area contributed by atoms with Crippen molar-refractivity contribution in [3.8, 4) is 22.9 Å². The number of aryl methyl sites for hydroxylation is 2. The molecule has 3 aromatic rings. The standard InChI is InChI=1S/C17H16F2N4O4/c1-8-14(18)15(25-3)13(16(21-8)26-4)10-5-9-6-12(22-17(24)27-19)20-7-11(9)23(10)2/h5-7H,1-4H3,(H,20,22,24). The van der Waals surface area contributed by atoms with Gasteiger partial charge in [-0.25, -0.2) is 24.1 Å². The quantitative estimate of drug-likeness (QED) is 0.747. The van der Waals surface area contributed by atoms with E-state index in [4.69, 9.17) is 9.47 Å². The molecule has 0 saturated heterocycles. The number of halogens is 2. The Morgan fingerprint density at radius 1 is 1.26 bits per heavy atom. The smallest absolute Gasteiger partial charge is 0.450 e. The molecular formula is C17H16F2N4O4. The first-order chi connectivity index (χ1) is 12.9. The fourth-order valence-corrected chi connectivity index (χ4v) is 2.86. The summed E-state index contributed by atoms with van der Waals surface area (Å²) < 4.78 is 38.8. The summed E-state index contributed by atoms with van der Waals surface area (Å²) in [6, 6.07) is 3.24. The predicted molar refractivity (Wildman–Crippen MR) is 93.0 cm³/mol. The molecule has 0 aliphatic rings. The lowest BCUT2D eigenvalue weighted by atomic mass is 10.1. The summed E-state index contributed by atoms with van der Waals surface area (Å²) in [6.07, 6.45) is 0.190. The van der Waals surface area contributed by atoms with Crippen LogP contribution in [0.2, 0.25) is 0 Å². The molecule has 3 heterocycles. The van der Waals surface area contributed by atoms with Crippen LogP contribution < -0.4 is 14.8 Å². The van der Waals surface area contributed by atoms with Gasteiger partial charge in [-0.15, -0.1) is 0 Å². The van der Waals surface area contributed by atoms with Crippen LogP contribution in [-0.2, 0) is 12.0 Å². The van der Waals surface area contributed by atoms with Crippen LogP contribution in [-0.4, -0.2) is 34.8 Å². The molecule has 0 atom stereocenters. The second-order valence-electron chi connectivity index (χ2n) is 5.64. The van der Waals surface area contributed by atoms with E-state index in [0.29, 0.717) is 22.2 Å². The van der Waals surface area contributed by atoms with Gasteiger partial charge in [-0.1, -0.05) is 0 Å². The van der Waals surface area contributed by atoms with Gasteiger partial charge in [0, 0.05) is 17.0 Å². The third-order valence-electron chi connectivity index (χ3n) is 4.11. The second-order valence-corrected chi connectivity index (χ2v) is 5.64. The number of ether oxygens (including phenoxy) is 2. The Kier molecular flexibility index (Phi) is 4.80. The maximum absolute atomic E-state index is 14.5. The molecule has 0 unspecified atom stereocenters. The average molecular weight is 378 g/mol. The SMILES string of the molecule is COc1nc(C)c(F)c(OC)c1-c1cc2cc(NC(=O)OF)ncc2n1C. The van der Waals surface area contributed by atoms with Crippen molar-refractivity contribution in [2.45, 2.75) is 6.92 Å². The van der Waals surface area contributed by atoms with Gasteiger partial charge in [0.2, 0.25) is 5.88 Å². The average Bonchev–Trinajstić information content (AvgIpc) is 2.98. The number of aromatic nitrogens is 3. The van der Waals surface area contributed by atoms with Crippen LogP contribution in [0.3, 0.4) is 0 Å². The fourth-order valence-electron chi connectivity index (χ4n) is 2.86. The molecule has 27 heavy (non-hydrogen) atoms. The van der Waals surface area contributed by atoms with E-state index in [-0.39, 0.29) is 23.1 Å². The zero-order chi connectivity index (χ0) is 19.7. The van der Waals surface area contributed by atoms with E-state index in [1.807, 2.05) is 0 Å². The lowest BCUT2D eigenvalue weighted by Gasteiger charge is -2.15. The van der Waals surface area contributed by atoms with Crippen molar-refractivity contribution in [1.82, 2.24) is 14.5 Å². The summed E-state index contributed by atoms with van der Waals surface area (Å²) in [4.78, 5) is 22.2. The van der Waals surface area contributed by atoms with Gasteiger partial charge in [0.25, 0.3) is 0 Å². The number of anilines is 1. The zero-order valence-corrected chi connectivity index (χ0v) is 15.0. The van der Waals surface area contributed by atoms with Crippen molar-refractivity contribution >= 4 is 22.8 Å². The lowest BCUT2D eigenvalue weighted by molar-refractivity contribution is -0.0544. The molecular weight excluding hydrogens is 362 g/mol. The van der Waals surface area contributed by atoms with Crippen LogP contribution in [0.15, 0.2) is 18.3 Å². The molecule has 1 amide bonds. The van der Waals surface area contributed by atoms with Gasteiger partial charge in [0.05, 0.1) is 37.3 Å². The van der Waals surface area contributed by atoms with Crippen LogP contribution in [0.25, 0.3) is 22.2 Å². The van der Waals surface area contributed by atoms with Crippen molar-refractivity contribution in [2.24, 2.45) is 7.05 Å². The number of amides is 1. The van der Waals surface area contributed by atoms with Crippen LogP contribution >= 0.6 is 0 Å². The van der Waals surface area contributed by atoms with Crippen LogP contribution in [0.5, 0.6) is 11.6 Å². The summed E-state index contributed by atoms with van der Waals surface area (Å²) in [5.41, 5.74) is 1.70. The van der Waals surface area contributed by atoms with Crippen molar-refractivity contribution in [3.63, 3.8) is 0 Å². The highest BCUT2D eigenvalue weighted by atomic mass is 19.3. The molecule has 0 aromatic carbocycles. The van der Waals surface area contributed by atoms with Crippen molar-refractivity contribution < 1.29 is 28.1 Å². The first-order valence-corrected chi connectivity index (χ1v) is 7.74. The summed E-state index contributed by atoms with van der Waals surface area (Å²) in [6.45, 7) is 1.51. The molecule has 0 bridgehead atoms. The summed E-state index contributed by atoms with van der Waals surface area (Å²) in [5, 5.41) is 2.79. The molecule has 0 aliphatic carbocycles. The Hall–Kier alpha value is -3.43. The highest BCUT2D eigenvalue weighted by molar-refractivity contribution is 5.92. The number of hydrogen-bond acceptors (Lipinski definition) is 6. The normalized spacial score (nSPS) is 10.7. The highest BCUT2D eigenvalue weighted by Crippen LogP contribution is 2.41. The molecule has 10 heteroatoms. The van der Waals surface area contributed by atoms with Crippen LogP contribution in [0, 0.1) is 12.7 Å². The van der Waals surface area contributed by atoms with Crippen molar-refractivity contribution in [2.75, 3.05) is 19.5 Å². The maximum Gasteiger partial charge on any atom is 0.450 e. The van der Waals surface area contributed by atoms with Crippen LogP contribution in [0.1, 0.15) is 5.69 Å². The minimum Gasteiger partial charge on any atom is -0.493 e. The van der Waals surface area contributed by atoms with Gasteiger partial charge < -0.3 is 14.0 Å². The second kappa shape index (κ2) is 7.06. The number of nitrogens with one attached hydrogen (secondary N) is 1. The number of carbonyl (C=O) groups excluding carboxylic acids is 1. The number of hydrogen-bond donors (Lipinski definition) is 1. The number of carbonyl (C=O) groups is 1. The van der Waals surface area contributed by atoms with E-state index in [0.717, 1.165) is 0 Å². The molecule has 0 aliphatic heterocycles. The Bertz CT molecular complexity index is 1040. The molecule has 0 spiro atoms. The number of nitrogens with zero attached hydrogens (tertiary/aromatic N) is 3. The topological polar surface area (TPSA) is 87.5 Å². The van der Waals surface area contributed by atoms with E-state index in [1.165, 1.54) is 33.4 Å². The molecule has 0 saturated carbocycles. The van der Waals surface area contributed by atoms with Gasteiger partial charge in [-0.05, 0) is 19.1 Å². The number of rotatable bonds is 4. The largest absolute Gasteiger partial charge is 0.493 e. The lowest BCUT2D eigenvalue weighted by Crippen LogP contribution is -2.10.